The van der Waals surface area contributed by atoms with Crippen LogP contribution in [0.2, 0.25) is 0 Å². The Hall–Kier alpha value is -0.810. The summed E-state index contributed by atoms with van der Waals surface area (Å²) in [7, 11) is 0. The number of hydrogen-bond acceptors (Lipinski definition) is 2. The molecule has 0 radical (unpaired) electrons. The van der Waals surface area contributed by atoms with E-state index >= 15 is 0 Å². The van der Waals surface area contributed by atoms with Crippen LogP contribution in [0.5, 0.6) is 0 Å². The van der Waals surface area contributed by atoms with Crippen molar-refractivity contribution in [3.63, 3.8) is 0 Å². The molecule has 0 spiro atoms. The topological polar surface area (TPSA) is 46.1 Å². The molecule has 0 saturated heterocycles. The molecule has 1 aliphatic carbocycles. The van der Waals surface area contributed by atoms with Gasteiger partial charge in [0.05, 0.1) is 0 Å². The predicted molar refractivity (Wildman–Crippen MR) is 75.9 cm³/mol. The van der Waals surface area contributed by atoms with Gasteiger partial charge in [0, 0.05) is 29.8 Å². The minimum absolute atomic E-state index is 0.0194. The molecule has 18 heavy (non-hydrogen) atoms. The van der Waals surface area contributed by atoms with Gasteiger partial charge in [0.1, 0.15) is 5.69 Å². The lowest BCUT2D eigenvalue weighted by molar-refractivity contribution is 0.0944. The highest BCUT2D eigenvalue weighted by atomic mass is 79.9. The SMILES string of the molecule is CCCNCCNC(=O)c1cc(Br)cn1C1CC1. The van der Waals surface area contributed by atoms with E-state index in [1.54, 1.807) is 0 Å². The van der Waals surface area contributed by atoms with E-state index in [-0.39, 0.29) is 5.91 Å². The number of halogens is 1. The van der Waals surface area contributed by atoms with Crippen LogP contribution in [-0.2, 0) is 0 Å². The second-order valence-electron chi connectivity index (χ2n) is 4.69. The molecule has 1 saturated carbocycles. The first kappa shape index (κ1) is 13.6. The number of nitrogens with one attached hydrogen (secondary N) is 2. The lowest BCUT2D eigenvalue weighted by Crippen LogP contribution is -2.33. The summed E-state index contributed by atoms with van der Waals surface area (Å²) in [6.45, 7) is 4.63. The highest BCUT2D eigenvalue weighted by Gasteiger charge is 2.27. The van der Waals surface area contributed by atoms with Crippen molar-refractivity contribution < 1.29 is 4.79 Å². The highest BCUT2D eigenvalue weighted by molar-refractivity contribution is 9.10. The second kappa shape index (κ2) is 6.38. The molecule has 2 N–H and O–H groups in total. The van der Waals surface area contributed by atoms with Crippen LogP contribution in [0.4, 0.5) is 0 Å². The first-order chi connectivity index (χ1) is 8.72. The zero-order chi connectivity index (χ0) is 13.0. The van der Waals surface area contributed by atoms with E-state index in [0.29, 0.717) is 12.6 Å². The van der Waals surface area contributed by atoms with Crippen LogP contribution in [0, 0.1) is 0 Å². The molecule has 0 atom stereocenters. The maximum absolute atomic E-state index is 12.1. The van der Waals surface area contributed by atoms with Gasteiger partial charge in [-0.25, -0.2) is 0 Å². The summed E-state index contributed by atoms with van der Waals surface area (Å²) in [6.07, 6.45) is 5.48. The van der Waals surface area contributed by atoms with Gasteiger partial charge in [0.25, 0.3) is 5.91 Å². The number of amides is 1. The van der Waals surface area contributed by atoms with Gasteiger partial charge in [-0.05, 0) is 47.8 Å². The lowest BCUT2D eigenvalue weighted by atomic mass is 10.4. The number of aromatic nitrogens is 1. The Morgan fingerprint density at radius 3 is 2.89 bits per heavy atom. The fourth-order valence-corrected chi connectivity index (χ4v) is 2.38. The molecule has 100 valence electrons. The fraction of sp³-hybridized carbons (Fsp3) is 0.615. The Kier molecular flexibility index (Phi) is 4.83. The Bertz CT molecular complexity index is 412. The summed E-state index contributed by atoms with van der Waals surface area (Å²) in [4.78, 5) is 12.1. The van der Waals surface area contributed by atoms with Gasteiger partial charge < -0.3 is 15.2 Å². The van der Waals surface area contributed by atoms with E-state index in [9.17, 15) is 4.79 Å². The molecular formula is C13H20BrN3O. The number of carbonyl (C=O) groups is 1. The largest absolute Gasteiger partial charge is 0.349 e. The second-order valence-corrected chi connectivity index (χ2v) is 5.60. The minimum atomic E-state index is 0.0194. The van der Waals surface area contributed by atoms with Crippen molar-refractivity contribution >= 4 is 21.8 Å². The van der Waals surface area contributed by atoms with Crippen molar-refractivity contribution in [2.75, 3.05) is 19.6 Å². The molecule has 0 aromatic carbocycles. The zero-order valence-electron chi connectivity index (χ0n) is 10.7. The predicted octanol–water partition coefficient (Wildman–Crippen LogP) is 2.31. The summed E-state index contributed by atoms with van der Waals surface area (Å²) in [5, 5.41) is 6.22. The van der Waals surface area contributed by atoms with E-state index in [4.69, 9.17) is 0 Å². The maximum atomic E-state index is 12.1. The van der Waals surface area contributed by atoms with E-state index in [1.807, 2.05) is 12.3 Å². The molecule has 4 nitrogen and oxygen atoms in total. The minimum Gasteiger partial charge on any atom is -0.349 e. The van der Waals surface area contributed by atoms with Gasteiger partial charge in [-0.15, -0.1) is 0 Å². The Morgan fingerprint density at radius 2 is 2.22 bits per heavy atom. The normalized spacial score (nSPS) is 14.8. The molecule has 1 fully saturated rings. The molecule has 1 amide bonds. The van der Waals surface area contributed by atoms with Crippen molar-refractivity contribution in [1.82, 2.24) is 15.2 Å². The van der Waals surface area contributed by atoms with E-state index in [1.165, 1.54) is 12.8 Å². The summed E-state index contributed by atoms with van der Waals surface area (Å²) in [5.41, 5.74) is 0.764. The van der Waals surface area contributed by atoms with E-state index in [2.05, 4.69) is 38.1 Å². The third-order valence-electron chi connectivity index (χ3n) is 3.00. The van der Waals surface area contributed by atoms with Gasteiger partial charge in [0.2, 0.25) is 0 Å². The lowest BCUT2D eigenvalue weighted by Gasteiger charge is -2.09. The molecule has 0 unspecified atom stereocenters. The number of nitrogens with zero attached hydrogens (tertiary/aromatic N) is 1. The van der Waals surface area contributed by atoms with Gasteiger partial charge in [-0.1, -0.05) is 6.92 Å². The first-order valence-electron chi connectivity index (χ1n) is 6.58. The first-order valence-corrected chi connectivity index (χ1v) is 7.38. The molecule has 0 bridgehead atoms. The molecular weight excluding hydrogens is 294 g/mol. The Morgan fingerprint density at radius 1 is 1.44 bits per heavy atom. The number of rotatable bonds is 7. The van der Waals surface area contributed by atoms with Gasteiger partial charge in [-0.2, -0.15) is 0 Å². The van der Waals surface area contributed by atoms with Crippen LogP contribution in [0.15, 0.2) is 16.7 Å². The van der Waals surface area contributed by atoms with Crippen LogP contribution in [0.3, 0.4) is 0 Å². The zero-order valence-corrected chi connectivity index (χ0v) is 12.3. The number of hydrogen-bond donors (Lipinski definition) is 2. The third-order valence-corrected chi connectivity index (χ3v) is 3.44. The van der Waals surface area contributed by atoms with Crippen molar-refractivity contribution in [2.45, 2.75) is 32.2 Å². The van der Waals surface area contributed by atoms with Gasteiger partial charge in [-0.3, -0.25) is 4.79 Å². The van der Waals surface area contributed by atoms with Crippen molar-refractivity contribution in [1.29, 1.82) is 0 Å². The summed E-state index contributed by atoms with van der Waals surface area (Å²) in [5.74, 6) is 0.0194. The molecule has 0 aliphatic heterocycles. The average Bonchev–Trinajstić information content (AvgIpc) is 3.12. The third kappa shape index (κ3) is 3.59. The summed E-state index contributed by atoms with van der Waals surface area (Å²) >= 11 is 3.44. The van der Waals surface area contributed by atoms with Crippen LogP contribution >= 0.6 is 15.9 Å². The monoisotopic (exact) mass is 313 g/mol. The maximum Gasteiger partial charge on any atom is 0.268 e. The quantitative estimate of drug-likeness (QED) is 0.759. The standard InChI is InChI=1S/C13H20BrN3O/c1-2-5-15-6-7-16-13(18)12-8-10(14)9-17(12)11-3-4-11/h8-9,11,15H,2-7H2,1H3,(H,16,18). The molecule has 1 aromatic rings. The number of carbonyl (C=O) groups excluding carboxylic acids is 1. The summed E-state index contributed by atoms with van der Waals surface area (Å²) in [6, 6.07) is 2.42. The molecule has 5 heteroatoms. The Labute approximate surface area is 116 Å². The van der Waals surface area contributed by atoms with Crippen LogP contribution in [-0.4, -0.2) is 30.1 Å². The molecule has 1 aromatic heterocycles. The average molecular weight is 314 g/mol. The van der Waals surface area contributed by atoms with Crippen LogP contribution in [0.1, 0.15) is 42.7 Å². The van der Waals surface area contributed by atoms with Gasteiger partial charge in [0.15, 0.2) is 0 Å². The molecule has 1 aliphatic rings. The van der Waals surface area contributed by atoms with Crippen molar-refractivity contribution in [3.8, 4) is 0 Å². The fourth-order valence-electron chi connectivity index (χ4n) is 1.94. The van der Waals surface area contributed by atoms with Crippen molar-refractivity contribution in [3.05, 3.63) is 22.4 Å². The summed E-state index contributed by atoms with van der Waals surface area (Å²) < 4.78 is 3.06. The van der Waals surface area contributed by atoms with Crippen molar-refractivity contribution in [2.24, 2.45) is 0 Å². The highest BCUT2D eigenvalue weighted by Crippen LogP contribution is 2.37. The smallest absolute Gasteiger partial charge is 0.268 e. The molecule has 2 rings (SSSR count). The van der Waals surface area contributed by atoms with Crippen LogP contribution in [0.25, 0.3) is 0 Å². The van der Waals surface area contributed by atoms with Gasteiger partial charge >= 0.3 is 0 Å². The van der Waals surface area contributed by atoms with Crippen LogP contribution < -0.4 is 10.6 Å². The Balaban J connectivity index is 1.84. The van der Waals surface area contributed by atoms with E-state index in [0.717, 1.165) is 29.7 Å². The molecule has 1 heterocycles. The van der Waals surface area contributed by atoms with E-state index < -0.39 is 0 Å².